The van der Waals surface area contributed by atoms with Crippen molar-refractivity contribution in [1.82, 2.24) is 4.98 Å². The van der Waals surface area contributed by atoms with Crippen LogP contribution in [0.3, 0.4) is 0 Å². The van der Waals surface area contributed by atoms with Gasteiger partial charge in [0.2, 0.25) is 5.89 Å². The summed E-state index contributed by atoms with van der Waals surface area (Å²) < 4.78 is 11.1. The fraction of sp³-hybridized carbons (Fsp3) is 0.0800. The molecule has 1 heterocycles. The van der Waals surface area contributed by atoms with Crippen LogP contribution in [0.1, 0.15) is 17.0 Å². The molecule has 30 heavy (non-hydrogen) atoms. The van der Waals surface area contributed by atoms with Crippen LogP contribution in [-0.4, -0.2) is 11.0 Å². The number of ether oxygens (including phenoxy) is 1. The van der Waals surface area contributed by atoms with Crippen LogP contribution >= 0.6 is 0 Å². The molecule has 0 bridgehead atoms. The van der Waals surface area contributed by atoms with E-state index in [9.17, 15) is 4.79 Å². The maximum atomic E-state index is 12.4. The molecule has 0 unspecified atom stereocenters. The molecule has 0 atom stereocenters. The van der Waals surface area contributed by atoms with Crippen LogP contribution in [0.5, 0.6) is 5.75 Å². The molecule has 0 saturated heterocycles. The summed E-state index contributed by atoms with van der Waals surface area (Å²) in [6.07, 6.45) is 0.0273. The summed E-state index contributed by atoms with van der Waals surface area (Å²) in [6.45, 7) is 1.79. The lowest BCUT2D eigenvalue weighted by atomic mass is 10.0. The molecule has 0 fully saturated rings. The number of nitrogens with zero attached hydrogens (tertiary/aromatic N) is 2. The van der Waals surface area contributed by atoms with Crippen LogP contribution in [0.15, 0.2) is 83.3 Å². The van der Waals surface area contributed by atoms with E-state index in [1.165, 1.54) is 0 Å². The zero-order valence-electron chi connectivity index (χ0n) is 16.3. The SMILES string of the molecule is Cc1oc(-c2ccccc2)nc1CC(=O)Oc1ccc(-c2ccc(C#N)cc2)cc1. The average Bonchev–Trinajstić information content (AvgIpc) is 3.15. The van der Waals surface area contributed by atoms with Gasteiger partial charge < -0.3 is 9.15 Å². The van der Waals surface area contributed by atoms with Crippen molar-refractivity contribution in [3.05, 3.63) is 95.9 Å². The Labute approximate surface area is 174 Å². The Balaban J connectivity index is 1.42. The van der Waals surface area contributed by atoms with Gasteiger partial charge in [0.15, 0.2) is 0 Å². The average molecular weight is 394 g/mol. The van der Waals surface area contributed by atoms with Crippen molar-refractivity contribution in [3.63, 3.8) is 0 Å². The highest BCUT2D eigenvalue weighted by Gasteiger charge is 2.16. The molecule has 0 amide bonds. The smallest absolute Gasteiger partial charge is 0.317 e. The first-order valence-corrected chi connectivity index (χ1v) is 9.45. The van der Waals surface area contributed by atoms with Gasteiger partial charge in [0.05, 0.1) is 23.7 Å². The third-order valence-corrected chi connectivity index (χ3v) is 4.66. The van der Waals surface area contributed by atoms with Crippen molar-refractivity contribution < 1.29 is 13.9 Å². The summed E-state index contributed by atoms with van der Waals surface area (Å²) in [4.78, 5) is 16.8. The van der Waals surface area contributed by atoms with E-state index < -0.39 is 5.97 Å². The maximum Gasteiger partial charge on any atom is 0.317 e. The molecule has 0 radical (unpaired) electrons. The van der Waals surface area contributed by atoms with Crippen LogP contribution in [0, 0.1) is 18.3 Å². The minimum Gasteiger partial charge on any atom is -0.441 e. The largest absolute Gasteiger partial charge is 0.441 e. The van der Waals surface area contributed by atoms with Gasteiger partial charge in [-0.25, -0.2) is 4.98 Å². The lowest BCUT2D eigenvalue weighted by molar-refractivity contribution is -0.133. The second kappa shape index (κ2) is 8.46. The van der Waals surface area contributed by atoms with Gasteiger partial charge in [-0.1, -0.05) is 42.5 Å². The number of rotatable bonds is 5. The molecule has 0 saturated carbocycles. The quantitative estimate of drug-likeness (QED) is 0.337. The minimum absolute atomic E-state index is 0.0273. The zero-order valence-corrected chi connectivity index (χ0v) is 16.3. The molecule has 4 rings (SSSR count). The first kappa shape index (κ1) is 19.2. The number of aromatic nitrogens is 1. The fourth-order valence-electron chi connectivity index (χ4n) is 3.05. The van der Waals surface area contributed by atoms with Gasteiger partial charge in [-0.05, 0) is 54.4 Å². The molecule has 0 spiro atoms. The maximum absolute atomic E-state index is 12.4. The van der Waals surface area contributed by atoms with Crippen molar-refractivity contribution in [2.24, 2.45) is 0 Å². The van der Waals surface area contributed by atoms with Gasteiger partial charge in [0.1, 0.15) is 11.5 Å². The van der Waals surface area contributed by atoms with Crippen LogP contribution in [0.2, 0.25) is 0 Å². The van der Waals surface area contributed by atoms with E-state index >= 15 is 0 Å². The number of oxazole rings is 1. The monoisotopic (exact) mass is 394 g/mol. The summed E-state index contributed by atoms with van der Waals surface area (Å²) in [5.41, 5.74) is 3.99. The molecule has 0 aliphatic carbocycles. The van der Waals surface area contributed by atoms with Gasteiger partial charge >= 0.3 is 5.97 Å². The van der Waals surface area contributed by atoms with Crippen molar-refractivity contribution in [2.75, 3.05) is 0 Å². The number of hydrogen-bond acceptors (Lipinski definition) is 5. The van der Waals surface area contributed by atoms with Crippen molar-refractivity contribution in [1.29, 1.82) is 5.26 Å². The summed E-state index contributed by atoms with van der Waals surface area (Å²) in [5, 5.41) is 8.89. The zero-order chi connectivity index (χ0) is 20.9. The molecule has 5 heteroatoms. The lowest BCUT2D eigenvalue weighted by Gasteiger charge is -2.06. The van der Waals surface area contributed by atoms with Crippen molar-refractivity contribution >= 4 is 5.97 Å². The Bertz CT molecular complexity index is 1200. The molecule has 1 aromatic heterocycles. The van der Waals surface area contributed by atoms with Crippen LogP contribution in [0.4, 0.5) is 0 Å². The Morgan fingerprint density at radius 1 is 0.933 bits per heavy atom. The first-order valence-electron chi connectivity index (χ1n) is 9.45. The van der Waals surface area contributed by atoms with E-state index in [2.05, 4.69) is 11.1 Å². The van der Waals surface area contributed by atoms with E-state index in [0.717, 1.165) is 16.7 Å². The number of benzene rings is 3. The summed E-state index contributed by atoms with van der Waals surface area (Å²) in [7, 11) is 0. The van der Waals surface area contributed by atoms with Crippen LogP contribution < -0.4 is 4.74 Å². The Morgan fingerprint density at radius 2 is 1.57 bits per heavy atom. The van der Waals surface area contributed by atoms with Crippen LogP contribution in [-0.2, 0) is 11.2 Å². The number of aryl methyl sites for hydroxylation is 1. The van der Waals surface area contributed by atoms with E-state index in [4.69, 9.17) is 14.4 Å². The van der Waals surface area contributed by atoms with E-state index in [-0.39, 0.29) is 6.42 Å². The molecule has 4 aromatic rings. The minimum atomic E-state index is -0.405. The second-order valence-corrected chi connectivity index (χ2v) is 6.75. The fourth-order valence-corrected chi connectivity index (χ4v) is 3.05. The summed E-state index contributed by atoms with van der Waals surface area (Å²) >= 11 is 0. The lowest BCUT2D eigenvalue weighted by Crippen LogP contribution is -2.12. The summed E-state index contributed by atoms with van der Waals surface area (Å²) in [6, 6.07) is 26.2. The van der Waals surface area contributed by atoms with Crippen LogP contribution in [0.25, 0.3) is 22.6 Å². The highest BCUT2D eigenvalue weighted by molar-refractivity contribution is 5.75. The van der Waals surface area contributed by atoms with Gasteiger partial charge in [-0.3, -0.25) is 4.79 Å². The molecular formula is C25H18N2O3. The number of carbonyl (C=O) groups is 1. The molecule has 3 aromatic carbocycles. The molecule has 5 nitrogen and oxygen atoms in total. The Hall–Kier alpha value is -4.17. The van der Waals surface area contributed by atoms with Crippen molar-refractivity contribution in [2.45, 2.75) is 13.3 Å². The predicted octanol–water partition coefficient (Wildman–Crippen LogP) is 5.34. The number of hydrogen-bond donors (Lipinski definition) is 0. The van der Waals surface area contributed by atoms with Gasteiger partial charge in [-0.2, -0.15) is 5.26 Å². The number of carbonyl (C=O) groups excluding carboxylic acids is 1. The van der Waals surface area contributed by atoms with E-state index in [0.29, 0.717) is 28.7 Å². The Kier molecular flexibility index (Phi) is 5.40. The normalized spacial score (nSPS) is 10.4. The third-order valence-electron chi connectivity index (χ3n) is 4.66. The Morgan fingerprint density at radius 3 is 2.20 bits per heavy atom. The molecule has 0 N–H and O–H groups in total. The predicted molar refractivity (Wildman–Crippen MR) is 113 cm³/mol. The first-order chi connectivity index (χ1) is 14.6. The number of nitriles is 1. The number of esters is 1. The second-order valence-electron chi connectivity index (χ2n) is 6.75. The highest BCUT2D eigenvalue weighted by Crippen LogP contribution is 2.24. The topological polar surface area (TPSA) is 76.1 Å². The van der Waals surface area contributed by atoms with E-state index in [1.807, 2.05) is 54.6 Å². The van der Waals surface area contributed by atoms with E-state index in [1.54, 1.807) is 31.2 Å². The van der Waals surface area contributed by atoms with Crippen molar-refractivity contribution in [3.8, 4) is 34.4 Å². The van der Waals surface area contributed by atoms with Gasteiger partial charge in [0, 0.05) is 5.56 Å². The molecular weight excluding hydrogens is 376 g/mol. The van der Waals surface area contributed by atoms with Gasteiger partial charge in [-0.15, -0.1) is 0 Å². The standard InChI is InChI=1S/C25H18N2O3/c1-17-23(27-25(29-17)21-5-3-2-4-6-21)15-24(28)30-22-13-11-20(12-14-22)19-9-7-18(16-26)8-10-19/h2-14H,15H2,1H3. The summed E-state index contributed by atoms with van der Waals surface area (Å²) in [5.74, 6) is 1.14. The third kappa shape index (κ3) is 4.29. The molecule has 0 aliphatic rings. The molecule has 0 aliphatic heterocycles. The highest BCUT2D eigenvalue weighted by atomic mass is 16.5. The molecule has 146 valence electrons. The van der Waals surface area contributed by atoms with Gasteiger partial charge in [0.25, 0.3) is 0 Å².